The minimum atomic E-state index is -0.468. The molecule has 0 radical (unpaired) electrons. The zero-order chi connectivity index (χ0) is 14.7. The number of fused-ring (bicyclic) bond motifs is 1. The first kappa shape index (κ1) is 13.9. The molecule has 21 heavy (non-hydrogen) atoms. The van der Waals surface area contributed by atoms with E-state index in [9.17, 15) is 4.79 Å². The number of hydrogen-bond acceptors (Lipinski definition) is 3. The number of nitrogens with one attached hydrogen (secondary N) is 1. The zero-order valence-electron chi connectivity index (χ0n) is 11.3. The van der Waals surface area contributed by atoms with Crippen molar-refractivity contribution in [1.82, 2.24) is 0 Å². The van der Waals surface area contributed by atoms with E-state index in [-0.39, 0.29) is 6.61 Å². The van der Waals surface area contributed by atoms with Gasteiger partial charge in [-0.3, -0.25) is 5.32 Å². The van der Waals surface area contributed by atoms with Crippen molar-refractivity contribution in [2.75, 3.05) is 11.9 Å². The van der Waals surface area contributed by atoms with Crippen molar-refractivity contribution in [3.05, 3.63) is 58.1 Å². The zero-order valence-corrected chi connectivity index (χ0v) is 12.9. The highest BCUT2D eigenvalue weighted by Crippen LogP contribution is 2.36. The van der Waals surface area contributed by atoms with E-state index in [0.29, 0.717) is 12.3 Å². The Labute approximate surface area is 131 Å². The van der Waals surface area contributed by atoms with Gasteiger partial charge < -0.3 is 9.47 Å². The van der Waals surface area contributed by atoms with Crippen LogP contribution in [0.5, 0.6) is 5.75 Å². The summed E-state index contributed by atoms with van der Waals surface area (Å²) in [6, 6.07) is 13.3. The lowest BCUT2D eigenvalue weighted by atomic mass is 10.1. The van der Waals surface area contributed by atoms with Crippen LogP contribution in [0.2, 0.25) is 0 Å². The van der Waals surface area contributed by atoms with Gasteiger partial charge >= 0.3 is 6.09 Å². The Kier molecular flexibility index (Phi) is 4.10. The van der Waals surface area contributed by atoms with Crippen molar-refractivity contribution in [3.8, 4) is 5.75 Å². The van der Waals surface area contributed by atoms with Gasteiger partial charge in [0.1, 0.15) is 12.4 Å². The molecule has 0 spiro atoms. The monoisotopic (exact) mass is 347 g/mol. The molecule has 0 aliphatic carbocycles. The van der Waals surface area contributed by atoms with Crippen molar-refractivity contribution in [1.29, 1.82) is 0 Å². The molecule has 1 heterocycles. The summed E-state index contributed by atoms with van der Waals surface area (Å²) >= 11 is 3.45. The number of hydrogen-bond donors (Lipinski definition) is 1. The molecule has 1 aliphatic rings. The Morgan fingerprint density at radius 2 is 2.10 bits per heavy atom. The number of ether oxygens (including phenoxy) is 2. The molecule has 0 unspecified atom stereocenters. The van der Waals surface area contributed by atoms with Crippen molar-refractivity contribution >= 4 is 27.7 Å². The van der Waals surface area contributed by atoms with Gasteiger partial charge in [-0.25, -0.2) is 4.79 Å². The first-order chi connectivity index (χ1) is 10.2. The van der Waals surface area contributed by atoms with E-state index in [0.717, 1.165) is 27.8 Å². The fraction of sp³-hybridized carbons (Fsp3) is 0.188. The Morgan fingerprint density at radius 1 is 1.29 bits per heavy atom. The van der Waals surface area contributed by atoms with Gasteiger partial charge in [0.25, 0.3) is 0 Å². The highest BCUT2D eigenvalue weighted by atomic mass is 79.9. The van der Waals surface area contributed by atoms with Gasteiger partial charge in [-0.1, -0.05) is 30.3 Å². The van der Waals surface area contributed by atoms with E-state index in [1.807, 2.05) is 42.5 Å². The van der Waals surface area contributed by atoms with Crippen LogP contribution in [0.3, 0.4) is 0 Å². The maximum Gasteiger partial charge on any atom is 0.411 e. The van der Waals surface area contributed by atoms with E-state index in [2.05, 4.69) is 21.2 Å². The van der Waals surface area contributed by atoms with Crippen molar-refractivity contribution < 1.29 is 14.3 Å². The number of rotatable bonds is 3. The molecule has 2 aromatic rings. The second kappa shape index (κ2) is 6.18. The molecule has 0 bridgehead atoms. The average Bonchev–Trinajstić information content (AvgIpc) is 2.95. The van der Waals surface area contributed by atoms with Crippen molar-refractivity contribution in [2.45, 2.75) is 13.0 Å². The third-order valence-corrected chi connectivity index (χ3v) is 3.79. The maximum absolute atomic E-state index is 11.8. The molecule has 0 saturated carbocycles. The largest absolute Gasteiger partial charge is 0.492 e. The molecule has 4 nitrogen and oxygen atoms in total. The molecule has 3 rings (SSSR count). The summed E-state index contributed by atoms with van der Waals surface area (Å²) in [6.45, 7) is 0.928. The van der Waals surface area contributed by atoms with E-state index < -0.39 is 6.09 Å². The first-order valence-electron chi connectivity index (χ1n) is 6.65. The molecule has 0 saturated heterocycles. The molecule has 108 valence electrons. The summed E-state index contributed by atoms with van der Waals surface area (Å²) in [7, 11) is 0. The van der Waals surface area contributed by atoms with Crippen LogP contribution in [-0.2, 0) is 17.8 Å². The lowest BCUT2D eigenvalue weighted by molar-refractivity contribution is 0.155. The van der Waals surface area contributed by atoms with Crippen molar-refractivity contribution in [3.63, 3.8) is 0 Å². The van der Waals surface area contributed by atoms with Crippen LogP contribution in [0.25, 0.3) is 0 Å². The minimum absolute atomic E-state index is 0.252. The summed E-state index contributed by atoms with van der Waals surface area (Å²) in [4.78, 5) is 11.8. The highest BCUT2D eigenvalue weighted by molar-refractivity contribution is 9.10. The van der Waals surface area contributed by atoms with Crippen LogP contribution in [0.4, 0.5) is 10.5 Å². The minimum Gasteiger partial charge on any atom is -0.492 e. The number of carbonyl (C=O) groups excluding carboxylic acids is 1. The summed E-state index contributed by atoms with van der Waals surface area (Å²) in [6.07, 6.45) is 0.382. The Morgan fingerprint density at radius 3 is 2.90 bits per heavy atom. The fourth-order valence-corrected chi connectivity index (χ4v) is 2.83. The van der Waals surface area contributed by atoms with Gasteiger partial charge in [0.15, 0.2) is 0 Å². The van der Waals surface area contributed by atoms with Crippen LogP contribution in [0.1, 0.15) is 11.1 Å². The van der Waals surface area contributed by atoms with Gasteiger partial charge in [-0.05, 0) is 33.6 Å². The molecule has 1 aliphatic heterocycles. The highest BCUT2D eigenvalue weighted by Gasteiger charge is 2.17. The smallest absolute Gasteiger partial charge is 0.411 e. The lowest BCUT2D eigenvalue weighted by Crippen LogP contribution is -2.13. The molecular formula is C16H14BrNO3. The van der Waals surface area contributed by atoms with Gasteiger partial charge in [0.05, 0.1) is 11.1 Å². The van der Waals surface area contributed by atoms with E-state index in [1.165, 1.54) is 0 Å². The van der Waals surface area contributed by atoms with E-state index >= 15 is 0 Å². The topological polar surface area (TPSA) is 47.6 Å². The number of benzene rings is 2. The number of halogens is 1. The Hall–Kier alpha value is -2.01. The van der Waals surface area contributed by atoms with Crippen LogP contribution in [0, 0.1) is 0 Å². The Bertz CT molecular complexity index is 658. The summed E-state index contributed by atoms with van der Waals surface area (Å²) in [5, 5.41) is 2.74. The van der Waals surface area contributed by atoms with Gasteiger partial charge in [0.2, 0.25) is 0 Å². The summed E-state index contributed by atoms with van der Waals surface area (Å²) in [5.41, 5.74) is 2.74. The average molecular weight is 348 g/mol. The van der Waals surface area contributed by atoms with Gasteiger partial charge in [0, 0.05) is 17.7 Å². The first-order valence-corrected chi connectivity index (χ1v) is 7.44. The molecule has 1 N–H and O–H groups in total. The summed E-state index contributed by atoms with van der Waals surface area (Å²) < 4.78 is 11.5. The molecule has 0 aromatic heterocycles. The Balaban J connectivity index is 1.61. The third kappa shape index (κ3) is 3.36. The van der Waals surface area contributed by atoms with Gasteiger partial charge in [-0.2, -0.15) is 0 Å². The normalized spacial score (nSPS) is 12.4. The molecular weight excluding hydrogens is 334 g/mol. The third-order valence-electron chi connectivity index (χ3n) is 3.20. The lowest BCUT2D eigenvalue weighted by Gasteiger charge is -2.09. The van der Waals surface area contributed by atoms with Crippen LogP contribution in [-0.4, -0.2) is 12.7 Å². The quantitative estimate of drug-likeness (QED) is 0.907. The second-order valence-corrected chi connectivity index (χ2v) is 5.59. The van der Waals surface area contributed by atoms with E-state index in [1.54, 1.807) is 0 Å². The molecule has 1 amide bonds. The predicted octanol–water partition coefficient (Wildman–Crippen LogP) is 4.13. The number of carbonyl (C=O) groups is 1. The standard InChI is InChI=1S/C16H14BrNO3/c17-14-9-13(8-12-6-7-20-15(12)14)18-16(19)21-10-11-4-2-1-3-5-11/h1-5,8-9H,6-7,10H2,(H,18,19). The van der Waals surface area contributed by atoms with E-state index in [4.69, 9.17) is 9.47 Å². The van der Waals surface area contributed by atoms with Gasteiger partial charge in [-0.15, -0.1) is 0 Å². The fourth-order valence-electron chi connectivity index (χ4n) is 2.21. The molecule has 0 fully saturated rings. The van der Waals surface area contributed by atoms with Crippen molar-refractivity contribution in [2.24, 2.45) is 0 Å². The van der Waals surface area contributed by atoms with Crippen LogP contribution < -0.4 is 10.1 Å². The number of anilines is 1. The SMILES string of the molecule is O=C(Nc1cc(Br)c2c(c1)CCO2)OCc1ccccc1. The molecule has 2 aromatic carbocycles. The number of amides is 1. The maximum atomic E-state index is 11.8. The summed E-state index contributed by atoms with van der Waals surface area (Å²) in [5.74, 6) is 0.859. The van der Waals surface area contributed by atoms with Crippen LogP contribution >= 0.6 is 15.9 Å². The van der Waals surface area contributed by atoms with Crippen LogP contribution in [0.15, 0.2) is 46.9 Å². The predicted molar refractivity (Wildman–Crippen MR) is 83.6 cm³/mol. The molecule has 0 atom stereocenters. The molecule has 5 heteroatoms. The second-order valence-electron chi connectivity index (χ2n) is 4.73.